The zero-order valence-corrected chi connectivity index (χ0v) is 21.9. The molecule has 0 spiro atoms. The molecule has 1 unspecified atom stereocenters. The summed E-state index contributed by atoms with van der Waals surface area (Å²) in [6, 6.07) is 11.7. The number of carbonyl (C=O) groups is 1. The Morgan fingerprint density at radius 3 is 2.53 bits per heavy atom. The number of piperazine rings is 1. The van der Waals surface area contributed by atoms with Gasteiger partial charge in [0.25, 0.3) is 5.56 Å². The Bertz CT molecular complexity index is 1570. The van der Waals surface area contributed by atoms with Gasteiger partial charge in [0.2, 0.25) is 5.91 Å². The molecular weight excluding hydrogens is 506 g/mol. The van der Waals surface area contributed by atoms with E-state index in [4.69, 9.17) is 0 Å². The lowest BCUT2D eigenvalue weighted by Crippen LogP contribution is -2.47. The number of aromatic nitrogens is 2. The van der Waals surface area contributed by atoms with Gasteiger partial charge in [0.1, 0.15) is 16.3 Å². The first kappa shape index (κ1) is 24.9. The van der Waals surface area contributed by atoms with Crippen LogP contribution in [0.15, 0.2) is 53.6 Å². The summed E-state index contributed by atoms with van der Waals surface area (Å²) in [5.41, 5.74) is 4.69. The minimum atomic E-state index is -0.651. The Labute approximate surface area is 223 Å². The zero-order valence-electron chi connectivity index (χ0n) is 21.1. The Morgan fingerprint density at radius 1 is 1.03 bits per heavy atom. The second-order valence-electron chi connectivity index (χ2n) is 10.2. The molecule has 1 atom stereocenters. The van der Waals surface area contributed by atoms with Crippen molar-refractivity contribution in [2.24, 2.45) is 0 Å². The summed E-state index contributed by atoms with van der Waals surface area (Å²) in [6.07, 6.45) is 4.09. The molecule has 0 radical (unpaired) electrons. The summed E-state index contributed by atoms with van der Waals surface area (Å²) in [5.74, 6) is -1.16. The van der Waals surface area contributed by atoms with Crippen molar-refractivity contribution < 1.29 is 13.6 Å². The molecule has 0 N–H and O–H groups in total. The molecule has 2 aromatic heterocycles. The quantitative estimate of drug-likeness (QED) is 0.378. The fraction of sp³-hybridized carbons (Fsp3) is 0.345. The molecule has 38 heavy (non-hydrogen) atoms. The van der Waals surface area contributed by atoms with Crippen molar-refractivity contribution in [2.75, 3.05) is 26.2 Å². The SMILES string of the molecule is CC(=O)N1CCN(Cc2ccc3c(c2)CCC(n2cnc4cc(-c5cc(F)cc(F)c5)sc4c2=O)C3)CC1. The molecule has 6 nitrogen and oxygen atoms in total. The third-order valence-electron chi connectivity index (χ3n) is 7.70. The van der Waals surface area contributed by atoms with Crippen molar-refractivity contribution in [3.63, 3.8) is 0 Å². The molecule has 4 aromatic rings. The fourth-order valence-corrected chi connectivity index (χ4v) is 6.66. The highest BCUT2D eigenvalue weighted by molar-refractivity contribution is 7.22. The minimum Gasteiger partial charge on any atom is -0.340 e. The molecule has 1 fully saturated rings. The first-order valence-corrected chi connectivity index (χ1v) is 13.7. The van der Waals surface area contributed by atoms with Gasteiger partial charge in [-0.05, 0) is 59.7 Å². The lowest BCUT2D eigenvalue weighted by atomic mass is 9.87. The van der Waals surface area contributed by atoms with E-state index < -0.39 is 11.6 Å². The Balaban J connectivity index is 1.19. The van der Waals surface area contributed by atoms with Crippen LogP contribution in [0.5, 0.6) is 0 Å². The van der Waals surface area contributed by atoms with Crippen LogP contribution in [0.3, 0.4) is 0 Å². The third kappa shape index (κ3) is 4.88. The highest BCUT2D eigenvalue weighted by Crippen LogP contribution is 2.33. The molecular formula is C29H28F2N4O2S. The van der Waals surface area contributed by atoms with Crippen LogP contribution in [0.2, 0.25) is 0 Å². The molecule has 0 bridgehead atoms. The van der Waals surface area contributed by atoms with Crippen LogP contribution < -0.4 is 5.56 Å². The van der Waals surface area contributed by atoms with Crippen LogP contribution in [-0.4, -0.2) is 51.4 Å². The molecule has 1 amide bonds. The summed E-state index contributed by atoms with van der Waals surface area (Å²) < 4.78 is 29.7. The van der Waals surface area contributed by atoms with E-state index in [0.29, 0.717) is 20.7 Å². The number of carbonyl (C=O) groups excluding carboxylic acids is 1. The molecule has 3 heterocycles. The lowest BCUT2D eigenvalue weighted by molar-refractivity contribution is -0.130. The van der Waals surface area contributed by atoms with Gasteiger partial charge < -0.3 is 4.90 Å². The summed E-state index contributed by atoms with van der Waals surface area (Å²) >= 11 is 1.22. The number of fused-ring (bicyclic) bond motifs is 2. The standard InChI is InChI=1S/C29H28F2N4O2S/c1-18(36)34-8-6-33(7-9-34)16-19-2-3-21-13-25(5-4-20(21)10-19)35-17-32-26-15-27(38-28(26)29(35)37)22-11-23(30)14-24(31)12-22/h2-3,10-12,14-15,17,25H,4-9,13,16H2,1H3. The van der Waals surface area contributed by atoms with Gasteiger partial charge in [0, 0.05) is 56.6 Å². The zero-order chi connectivity index (χ0) is 26.4. The number of amides is 1. The molecule has 9 heteroatoms. The van der Waals surface area contributed by atoms with Gasteiger partial charge in [0.15, 0.2) is 0 Å². The number of rotatable bonds is 4. The van der Waals surface area contributed by atoms with Crippen molar-refractivity contribution in [2.45, 2.75) is 38.8 Å². The maximum absolute atomic E-state index is 13.7. The van der Waals surface area contributed by atoms with E-state index in [1.54, 1.807) is 23.9 Å². The molecule has 2 aromatic carbocycles. The minimum absolute atomic E-state index is 0.00886. The number of aryl methyl sites for hydroxylation is 1. The van der Waals surface area contributed by atoms with Gasteiger partial charge in [-0.3, -0.25) is 19.1 Å². The maximum Gasteiger partial charge on any atom is 0.271 e. The number of hydrogen-bond donors (Lipinski definition) is 0. The van der Waals surface area contributed by atoms with Crippen molar-refractivity contribution in [3.05, 3.63) is 87.5 Å². The first-order chi connectivity index (χ1) is 18.3. The Hall–Kier alpha value is -3.43. The molecule has 6 rings (SSSR count). The maximum atomic E-state index is 13.7. The summed E-state index contributed by atoms with van der Waals surface area (Å²) in [4.78, 5) is 34.4. The second kappa shape index (κ2) is 10.0. The van der Waals surface area contributed by atoms with Gasteiger partial charge in [0.05, 0.1) is 11.8 Å². The Morgan fingerprint density at radius 2 is 1.79 bits per heavy atom. The predicted octanol–water partition coefficient (Wildman–Crippen LogP) is 4.80. The van der Waals surface area contributed by atoms with Crippen LogP contribution in [0.25, 0.3) is 20.7 Å². The number of thiophene rings is 1. The van der Waals surface area contributed by atoms with Gasteiger partial charge >= 0.3 is 0 Å². The van der Waals surface area contributed by atoms with E-state index in [-0.39, 0.29) is 17.5 Å². The number of hydrogen-bond acceptors (Lipinski definition) is 5. The molecule has 1 aliphatic carbocycles. The van der Waals surface area contributed by atoms with Crippen molar-refractivity contribution in [3.8, 4) is 10.4 Å². The van der Waals surface area contributed by atoms with Gasteiger partial charge in [-0.25, -0.2) is 13.8 Å². The van der Waals surface area contributed by atoms with Crippen molar-refractivity contribution in [1.82, 2.24) is 19.4 Å². The number of halogens is 2. The average Bonchev–Trinajstić information content (AvgIpc) is 3.34. The second-order valence-corrected chi connectivity index (χ2v) is 11.3. The Kier molecular flexibility index (Phi) is 6.57. The molecule has 1 saturated heterocycles. The van der Waals surface area contributed by atoms with Crippen molar-refractivity contribution in [1.29, 1.82) is 0 Å². The molecule has 1 aliphatic heterocycles. The fourth-order valence-electron chi connectivity index (χ4n) is 5.63. The first-order valence-electron chi connectivity index (χ1n) is 12.9. The number of nitrogens with zero attached hydrogens (tertiary/aromatic N) is 4. The summed E-state index contributed by atoms with van der Waals surface area (Å²) in [7, 11) is 0. The van der Waals surface area contributed by atoms with Crippen LogP contribution in [-0.2, 0) is 24.2 Å². The van der Waals surface area contributed by atoms with E-state index in [2.05, 4.69) is 28.1 Å². The van der Waals surface area contributed by atoms with Crippen LogP contribution in [0.4, 0.5) is 8.78 Å². The number of benzene rings is 2. The molecule has 196 valence electrons. The van der Waals surface area contributed by atoms with E-state index >= 15 is 0 Å². The lowest BCUT2D eigenvalue weighted by Gasteiger charge is -2.34. The van der Waals surface area contributed by atoms with Crippen LogP contribution in [0, 0.1) is 11.6 Å². The summed E-state index contributed by atoms with van der Waals surface area (Å²) in [6.45, 7) is 5.82. The van der Waals surface area contributed by atoms with Crippen LogP contribution >= 0.6 is 11.3 Å². The van der Waals surface area contributed by atoms with Gasteiger partial charge in [-0.1, -0.05) is 18.2 Å². The third-order valence-corrected chi connectivity index (χ3v) is 8.86. The monoisotopic (exact) mass is 534 g/mol. The van der Waals surface area contributed by atoms with Gasteiger partial charge in [-0.2, -0.15) is 0 Å². The van der Waals surface area contributed by atoms with Gasteiger partial charge in [-0.15, -0.1) is 11.3 Å². The molecule has 2 aliphatic rings. The average molecular weight is 535 g/mol. The van der Waals surface area contributed by atoms with E-state index in [1.165, 1.54) is 40.2 Å². The molecule has 0 saturated carbocycles. The predicted molar refractivity (Wildman–Crippen MR) is 144 cm³/mol. The highest BCUT2D eigenvalue weighted by Gasteiger charge is 2.24. The van der Waals surface area contributed by atoms with Crippen molar-refractivity contribution >= 4 is 27.5 Å². The van der Waals surface area contributed by atoms with E-state index in [9.17, 15) is 18.4 Å². The van der Waals surface area contributed by atoms with E-state index in [0.717, 1.165) is 58.1 Å². The van der Waals surface area contributed by atoms with Crippen LogP contribution in [0.1, 0.15) is 36.1 Å². The van der Waals surface area contributed by atoms with E-state index in [1.807, 2.05) is 4.90 Å². The summed E-state index contributed by atoms with van der Waals surface area (Å²) in [5, 5.41) is 0. The topological polar surface area (TPSA) is 58.4 Å². The largest absolute Gasteiger partial charge is 0.340 e. The highest BCUT2D eigenvalue weighted by atomic mass is 32.1. The smallest absolute Gasteiger partial charge is 0.271 e. The normalized spacial score (nSPS) is 18.1.